The minimum Gasteiger partial charge on any atom is -0.481 e. The van der Waals surface area contributed by atoms with Crippen LogP contribution in [-0.4, -0.2) is 26.1 Å². The highest BCUT2D eigenvalue weighted by atomic mass is 16.6. The number of aromatic amines is 1. The number of nitrogens with one attached hydrogen (secondary N) is 1. The van der Waals surface area contributed by atoms with Gasteiger partial charge in [0, 0.05) is 23.7 Å². The van der Waals surface area contributed by atoms with Crippen LogP contribution in [0.2, 0.25) is 0 Å². The minimum atomic E-state index is -0.748. The number of fused-ring (bicyclic) bond motifs is 1. The van der Waals surface area contributed by atoms with Gasteiger partial charge in [0.2, 0.25) is 5.75 Å². The molecule has 0 saturated carbocycles. The van der Waals surface area contributed by atoms with E-state index in [0.29, 0.717) is 12.2 Å². The molecule has 0 saturated heterocycles. The van der Waals surface area contributed by atoms with Crippen LogP contribution in [0.4, 0.5) is 0 Å². The van der Waals surface area contributed by atoms with Gasteiger partial charge in [0.15, 0.2) is 5.69 Å². The summed E-state index contributed by atoms with van der Waals surface area (Å²) in [5.41, 5.74) is 0.127. The number of H-pyrrole nitrogens is 1. The summed E-state index contributed by atoms with van der Waals surface area (Å²) in [4.78, 5) is 33.5. The van der Waals surface area contributed by atoms with E-state index >= 15 is 0 Å². The van der Waals surface area contributed by atoms with E-state index in [9.17, 15) is 9.59 Å². The number of hydrogen-bond acceptors (Lipinski definition) is 5. The van der Waals surface area contributed by atoms with Gasteiger partial charge < -0.3 is 19.0 Å². The summed E-state index contributed by atoms with van der Waals surface area (Å²) >= 11 is 0. The Hall–Kier alpha value is -3.87. The molecular weight excluding hydrogens is 466 g/mol. The molecule has 0 spiro atoms. The average Bonchev–Trinajstić information content (AvgIpc) is 3.29. The van der Waals surface area contributed by atoms with Crippen molar-refractivity contribution in [2.24, 2.45) is 0 Å². The van der Waals surface area contributed by atoms with Crippen molar-refractivity contribution in [1.82, 2.24) is 14.5 Å². The second-order valence-electron chi connectivity index (χ2n) is 10.2. The highest BCUT2D eigenvalue weighted by molar-refractivity contribution is 5.90. The summed E-state index contributed by atoms with van der Waals surface area (Å²) in [7, 11) is 0. The maximum Gasteiger partial charge on any atom is 0.361 e. The van der Waals surface area contributed by atoms with Crippen molar-refractivity contribution in [1.29, 1.82) is 0 Å². The van der Waals surface area contributed by atoms with Crippen molar-refractivity contribution in [2.75, 3.05) is 0 Å². The van der Waals surface area contributed by atoms with Gasteiger partial charge in [-0.1, -0.05) is 62.4 Å². The van der Waals surface area contributed by atoms with Crippen molar-refractivity contribution < 1.29 is 14.3 Å². The summed E-state index contributed by atoms with van der Waals surface area (Å²) in [6, 6.07) is 19.6. The van der Waals surface area contributed by atoms with Crippen molar-refractivity contribution in [3.05, 3.63) is 94.3 Å². The Morgan fingerprint density at radius 3 is 2.27 bits per heavy atom. The van der Waals surface area contributed by atoms with Crippen molar-refractivity contribution >= 4 is 16.9 Å². The molecule has 0 aliphatic rings. The van der Waals surface area contributed by atoms with Crippen LogP contribution in [0.1, 0.15) is 70.3 Å². The third kappa shape index (κ3) is 6.88. The molecule has 7 nitrogen and oxygen atoms in total. The molecule has 0 aliphatic carbocycles. The second-order valence-corrected chi connectivity index (χ2v) is 10.2. The number of carbonyl (C=O) groups is 1. The maximum absolute atomic E-state index is 13.1. The molecule has 0 unspecified atom stereocenters. The fourth-order valence-corrected chi connectivity index (χ4v) is 4.03. The Bertz CT molecular complexity index is 1400. The monoisotopic (exact) mass is 503 g/mol. The fourth-order valence-electron chi connectivity index (χ4n) is 4.03. The van der Waals surface area contributed by atoms with E-state index < -0.39 is 22.7 Å². The number of ether oxygens (including phenoxy) is 2. The zero-order chi connectivity index (χ0) is 27.2. The molecular formula is C30H37N3O4. The van der Waals surface area contributed by atoms with E-state index in [4.69, 9.17) is 9.47 Å². The van der Waals surface area contributed by atoms with E-state index in [-0.39, 0.29) is 18.1 Å². The van der Waals surface area contributed by atoms with Gasteiger partial charge in [0.05, 0.1) is 0 Å². The third-order valence-corrected chi connectivity index (χ3v) is 5.60. The van der Waals surface area contributed by atoms with Crippen LogP contribution in [0.5, 0.6) is 5.75 Å². The molecule has 37 heavy (non-hydrogen) atoms. The first-order valence-corrected chi connectivity index (χ1v) is 12.6. The van der Waals surface area contributed by atoms with Gasteiger partial charge in [-0.25, -0.2) is 9.78 Å². The Morgan fingerprint density at radius 2 is 1.59 bits per heavy atom. The molecule has 2 heterocycles. The molecule has 7 heteroatoms. The van der Waals surface area contributed by atoms with E-state index in [0.717, 1.165) is 16.5 Å². The van der Waals surface area contributed by atoms with Crippen molar-refractivity contribution in [3.8, 4) is 5.75 Å². The highest BCUT2D eigenvalue weighted by Crippen LogP contribution is 2.27. The molecule has 4 rings (SSSR count). The molecule has 4 aromatic rings. The van der Waals surface area contributed by atoms with Crippen molar-refractivity contribution in [3.63, 3.8) is 0 Å². The third-order valence-electron chi connectivity index (χ3n) is 5.60. The molecule has 0 atom stereocenters. The normalized spacial score (nSPS) is 11.5. The highest BCUT2D eigenvalue weighted by Gasteiger charge is 2.29. The first-order valence-electron chi connectivity index (χ1n) is 12.6. The number of esters is 1. The largest absolute Gasteiger partial charge is 0.481 e. The number of rotatable bonds is 7. The van der Waals surface area contributed by atoms with Crippen LogP contribution in [0.15, 0.2) is 71.7 Å². The summed E-state index contributed by atoms with van der Waals surface area (Å²) in [5, 5.41) is 1.13. The van der Waals surface area contributed by atoms with Gasteiger partial charge in [-0.05, 0) is 57.7 Å². The van der Waals surface area contributed by atoms with E-state index in [2.05, 4.69) is 46.6 Å². The molecule has 0 fully saturated rings. The van der Waals surface area contributed by atoms with Gasteiger partial charge >= 0.3 is 5.97 Å². The summed E-state index contributed by atoms with van der Waals surface area (Å²) in [6.45, 7) is 13.6. The molecule has 196 valence electrons. The molecule has 2 aromatic heterocycles. The van der Waals surface area contributed by atoms with Crippen LogP contribution >= 0.6 is 0 Å². The van der Waals surface area contributed by atoms with E-state index in [1.807, 2.05) is 62.5 Å². The maximum atomic E-state index is 13.1. The van der Waals surface area contributed by atoms with Gasteiger partial charge in [-0.15, -0.1) is 0 Å². The van der Waals surface area contributed by atoms with Crippen LogP contribution < -0.4 is 10.3 Å². The summed E-state index contributed by atoms with van der Waals surface area (Å²) < 4.78 is 13.5. The van der Waals surface area contributed by atoms with Crippen LogP contribution in [-0.2, 0) is 23.3 Å². The zero-order valence-electron chi connectivity index (χ0n) is 22.8. The number of nitrogens with zero attached hydrogens (tertiary/aromatic N) is 2. The molecule has 0 bridgehead atoms. The number of para-hydroxylation sites is 1. The van der Waals surface area contributed by atoms with E-state index in [1.54, 1.807) is 20.8 Å². The Labute approximate surface area is 218 Å². The lowest BCUT2D eigenvalue weighted by Gasteiger charge is -2.28. The minimum absolute atomic E-state index is 0.122. The lowest BCUT2D eigenvalue weighted by atomic mass is 9.99. The molecule has 0 amide bonds. The number of benzene rings is 2. The van der Waals surface area contributed by atoms with Crippen LogP contribution in [0.3, 0.4) is 0 Å². The molecule has 0 radical (unpaired) electrons. The zero-order valence-corrected chi connectivity index (χ0v) is 22.8. The number of carbonyl (C=O) groups excluding carboxylic acids is 1. The lowest BCUT2D eigenvalue weighted by molar-refractivity contribution is 0.00570. The molecule has 1 N–H and O–H groups in total. The Balaban J connectivity index is 0.00000186. The predicted octanol–water partition coefficient (Wildman–Crippen LogP) is 6.26. The number of aromatic nitrogens is 3. The molecule has 2 aromatic carbocycles. The van der Waals surface area contributed by atoms with E-state index in [1.165, 1.54) is 0 Å². The first-order chi connectivity index (χ1) is 17.5. The van der Waals surface area contributed by atoms with Gasteiger partial charge in [0.1, 0.15) is 18.0 Å². The summed E-state index contributed by atoms with van der Waals surface area (Å²) in [5.74, 6) is -0.459. The smallest absolute Gasteiger partial charge is 0.361 e. The summed E-state index contributed by atoms with van der Waals surface area (Å²) in [6.07, 6.45) is 2.41. The molecule has 0 aliphatic heterocycles. The topological polar surface area (TPSA) is 86.2 Å². The second kappa shape index (κ2) is 11.5. The van der Waals surface area contributed by atoms with Gasteiger partial charge in [-0.2, -0.15) is 0 Å². The predicted molar refractivity (Wildman–Crippen MR) is 147 cm³/mol. The quantitative estimate of drug-likeness (QED) is 0.301. The van der Waals surface area contributed by atoms with Crippen molar-refractivity contribution in [2.45, 2.75) is 72.6 Å². The first kappa shape index (κ1) is 27.7. The lowest BCUT2D eigenvalue weighted by Crippen LogP contribution is -2.32. The fraction of sp³-hybridized carbons (Fsp3) is 0.367. The number of hydrogen-bond donors (Lipinski definition) is 1. The SMILES string of the molecule is CC.CC(C)(C)OC(=O)c1nc(CC(C)(C)n2ccc3ccccc32)[nH]c(=O)c1OCc1ccccc1. The van der Waals surface area contributed by atoms with Gasteiger partial charge in [-0.3, -0.25) is 4.79 Å². The van der Waals surface area contributed by atoms with Crippen LogP contribution in [0.25, 0.3) is 10.9 Å². The van der Waals surface area contributed by atoms with Gasteiger partial charge in [0.25, 0.3) is 5.56 Å². The Morgan fingerprint density at radius 1 is 0.946 bits per heavy atom. The standard InChI is InChI=1S/C28H31N3O4.C2H6/c1-27(2,3)35-26(33)23-24(34-18-19-11-7-6-8-12-19)25(32)30-22(29-23)17-28(4,5)31-16-15-20-13-9-10-14-21(20)31;1-2/h6-16H,17-18H2,1-5H3,(H,29,30,32);1-2H3. The van der Waals surface area contributed by atoms with Crippen LogP contribution in [0, 0.1) is 0 Å². The average molecular weight is 504 g/mol. The Kier molecular flexibility index (Phi) is 8.58.